The van der Waals surface area contributed by atoms with Crippen molar-refractivity contribution in [2.24, 2.45) is 17.8 Å². The first-order valence-electron chi connectivity index (χ1n) is 7.49. The molecule has 0 heterocycles. The van der Waals surface area contributed by atoms with Crippen molar-refractivity contribution in [3.05, 3.63) is 0 Å². The molecule has 0 bridgehead atoms. The van der Waals surface area contributed by atoms with Crippen LogP contribution in [0.25, 0.3) is 0 Å². The summed E-state index contributed by atoms with van der Waals surface area (Å²) in [6, 6.07) is 0.727. The van der Waals surface area contributed by atoms with Crippen molar-refractivity contribution < 1.29 is 0 Å². The maximum absolute atomic E-state index is 3.72. The summed E-state index contributed by atoms with van der Waals surface area (Å²) in [5, 5.41) is 3.72. The largest absolute Gasteiger partial charge is 0.314 e. The summed E-state index contributed by atoms with van der Waals surface area (Å²) in [5.41, 5.74) is 0. The van der Waals surface area contributed by atoms with Crippen molar-refractivity contribution >= 4 is 11.8 Å². The summed E-state index contributed by atoms with van der Waals surface area (Å²) in [5.74, 6) is 3.82. The third kappa shape index (κ3) is 5.10. The minimum absolute atomic E-state index is 0.727. The van der Waals surface area contributed by atoms with E-state index in [2.05, 4.69) is 44.3 Å². The van der Waals surface area contributed by atoms with Gasteiger partial charge in [-0.05, 0) is 50.4 Å². The van der Waals surface area contributed by atoms with Gasteiger partial charge in [-0.15, -0.1) is 0 Å². The highest BCUT2D eigenvalue weighted by Gasteiger charge is 2.33. The minimum atomic E-state index is 0.727. The lowest BCUT2D eigenvalue weighted by molar-refractivity contribution is 0.114. The summed E-state index contributed by atoms with van der Waals surface area (Å²) in [7, 11) is 2.28. The van der Waals surface area contributed by atoms with Gasteiger partial charge in [0.05, 0.1) is 0 Å². The average Bonchev–Trinajstić information content (AvgIpc) is 2.31. The quantitative estimate of drug-likeness (QED) is 0.767. The summed E-state index contributed by atoms with van der Waals surface area (Å²) in [6.45, 7) is 10.7. The maximum Gasteiger partial charge on any atom is 0.0112 e. The van der Waals surface area contributed by atoms with Crippen molar-refractivity contribution in [3.63, 3.8) is 0 Å². The third-order valence-electron chi connectivity index (χ3n) is 4.34. The molecule has 3 heteroatoms. The second kappa shape index (κ2) is 8.44. The van der Waals surface area contributed by atoms with Crippen LogP contribution in [0.4, 0.5) is 0 Å². The van der Waals surface area contributed by atoms with Gasteiger partial charge < -0.3 is 10.2 Å². The molecule has 18 heavy (non-hydrogen) atoms. The molecule has 0 aliphatic heterocycles. The highest BCUT2D eigenvalue weighted by molar-refractivity contribution is 7.98. The third-order valence-corrected chi connectivity index (χ3v) is 4.93. The van der Waals surface area contributed by atoms with Crippen LogP contribution < -0.4 is 5.32 Å². The molecule has 1 fully saturated rings. The van der Waals surface area contributed by atoms with Gasteiger partial charge in [0.1, 0.15) is 0 Å². The van der Waals surface area contributed by atoms with Crippen LogP contribution in [0.5, 0.6) is 0 Å². The van der Waals surface area contributed by atoms with Crippen LogP contribution in [0.2, 0.25) is 0 Å². The molecule has 0 amide bonds. The number of nitrogens with one attached hydrogen (secondary N) is 1. The average molecular weight is 273 g/mol. The first kappa shape index (κ1) is 16.3. The molecule has 4 unspecified atom stereocenters. The zero-order chi connectivity index (χ0) is 13.5. The van der Waals surface area contributed by atoms with E-state index in [-0.39, 0.29) is 0 Å². The monoisotopic (exact) mass is 272 g/mol. The number of rotatable bonds is 7. The lowest BCUT2D eigenvalue weighted by Gasteiger charge is -2.42. The fourth-order valence-electron chi connectivity index (χ4n) is 3.41. The van der Waals surface area contributed by atoms with E-state index in [0.717, 1.165) is 30.3 Å². The molecule has 1 aliphatic rings. The Morgan fingerprint density at radius 1 is 1.28 bits per heavy atom. The van der Waals surface area contributed by atoms with Gasteiger partial charge in [-0.1, -0.05) is 20.8 Å². The molecule has 1 saturated carbocycles. The number of hydrogen-bond acceptors (Lipinski definition) is 3. The molecule has 0 aromatic heterocycles. The second-order valence-electron chi connectivity index (χ2n) is 6.14. The lowest BCUT2D eigenvalue weighted by Crippen LogP contribution is -2.48. The topological polar surface area (TPSA) is 15.3 Å². The lowest BCUT2D eigenvalue weighted by atomic mass is 9.72. The first-order chi connectivity index (χ1) is 8.58. The van der Waals surface area contributed by atoms with Crippen LogP contribution in [-0.2, 0) is 0 Å². The van der Waals surface area contributed by atoms with E-state index in [1.165, 1.54) is 31.7 Å². The van der Waals surface area contributed by atoms with Gasteiger partial charge in [-0.25, -0.2) is 0 Å². The molecular formula is C15H32N2S. The van der Waals surface area contributed by atoms with E-state index in [4.69, 9.17) is 0 Å². The number of nitrogens with zero attached hydrogens (tertiary/aromatic N) is 1. The van der Waals surface area contributed by atoms with Crippen molar-refractivity contribution in [2.75, 3.05) is 38.7 Å². The molecule has 108 valence electrons. The summed E-state index contributed by atoms with van der Waals surface area (Å²) in [4.78, 5) is 2.53. The van der Waals surface area contributed by atoms with E-state index < -0.39 is 0 Å². The Labute approximate surface area is 118 Å². The first-order valence-corrected chi connectivity index (χ1v) is 8.88. The summed E-state index contributed by atoms with van der Waals surface area (Å²) < 4.78 is 0. The minimum Gasteiger partial charge on any atom is -0.314 e. The Bertz CT molecular complexity index is 223. The van der Waals surface area contributed by atoms with Crippen LogP contribution in [0.15, 0.2) is 0 Å². The van der Waals surface area contributed by atoms with Crippen LogP contribution >= 0.6 is 11.8 Å². The fraction of sp³-hybridized carbons (Fsp3) is 1.00. The van der Waals surface area contributed by atoms with E-state index in [0.29, 0.717) is 0 Å². The molecule has 0 aromatic rings. The van der Waals surface area contributed by atoms with Gasteiger partial charge in [0, 0.05) is 24.9 Å². The summed E-state index contributed by atoms with van der Waals surface area (Å²) >= 11 is 1.95. The highest BCUT2D eigenvalue weighted by Crippen LogP contribution is 2.34. The molecule has 0 spiro atoms. The molecule has 0 aromatic carbocycles. The highest BCUT2D eigenvalue weighted by atomic mass is 32.2. The second-order valence-corrected chi connectivity index (χ2v) is 7.12. The number of hydrogen-bond donors (Lipinski definition) is 1. The molecule has 1 aliphatic carbocycles. The van der Waals surface area contributed by atoms with Crippen molar-refractivity contribution in [3.8, 4) is 0 Å². The predicted molar refractivity (Wildman–Crippen MR) is 84.4 cm³/mol. The van der Waals surface area contributed by atoms with Crippen molar-refractivity contribution in [1.82, 2.24) is 10.2 Å². The standard InChI is InChI=1S/C15H32N2S/c1-6-16-15-10-12(2)9-13(3)14(15)11-17(4)7-8-18-5/h12-16H,6-11H2,1-5H3. The van der Waals surface area contributed by atoms with Crippen LogP contribution in [0.3, 0.4) is 0 Å². The van der Waals surface area contributed by atoms with Gasteiger partial charge in [0.2, 0.25) is 0 Å². The Kier molecular flexibility index (Phi) is 7.66. The van der Waals surface area contributed by atoms with Gasteiger partial charge in [0.25, 0.3) is 0 Å². The molecule has 1 N–H and O–H groups in total. The van der Waals surface area contributed by atoms with E-state index >= 15 is 0 Å². The van der Waals surface area contributed by atoms with Crippen LogP contribution in [0, 0.1) is 17.8 Å². The zero-order valence-electron chi connectivity index (χ0n) is 12.9. The van der Waals surface area contributed by atoms with Gasteiger partial charge >= 0.3 is 0 Å². The van der Waals surface area contributed by atoms with Crippen LogP contribution in [0.1, 0.15) is 33.6 Å². The molecule has 4 atom stereocenters. The molecule has 1 rings (SSSR count). The Morgan fingerprint density at radius 3 is 2.61 bits per heavy atom. The van der Waals surface area contributed by atoms with Crippen molar-refractivity contribution in [2.45, 2.75) is 39.7 Å². The fourth-order valence-corrected chi connectivity index (χ4v) is 3.91. The van der Waals surface area contributed by atoms with E-state index in [1.54, 1.807) is 0 Å². The van der Waals surface area contributed by atoms with Gasteiger partial charge in [0.15, 0.2) is 0 Å². The molecule has 2 nitrogen and oxygen atoms in total. The Balaban J connectivity index is 2.51. The Hall–Kier alpha value is 0.270. The SMILES string of the molecule is CCNC1CC(C)CC(C)C1CN(C)CCSC. The van der Waals surface area contributed by atoms with Crippen LogP contribution in [-0.4, -0.2) is 49.6 Å². The number of thioether (sulfide) groups is 1. The maximum atomic E-state index is 3.72. The van der Waals surface area contributed by atoms with Gasteiger partial charge in [-0.2, -0.15) is 11.8 Å². The smallest absolute Gasteiger partial charge is 0.0112 e. The normalized spacial score (nSPS) is 33.0. The molecule has 0 radical (unpaired) electrons. The molecular weight excluding hydrogens is 240 g/mol. The van der Waals surface area contributed by atoms with Gasteiger partial charge in [-0.3, -0.25) is 0 Å². The Morgan fingerprint density at radius 2 is 2.00 bits per heavy atom. The molecule has 0 saturated heterocycles. The van der Waals surface area contributed by atoms with Crippen molar-refractivity contribution in [1.29, 1.82) is 0 Å². The van der Waals surface area contributed by atoms with E-state index in [9.17, 15) is 0 Å². The predicted octanol–water partition coefficient (Wildman–Crippen LogP) is 2.94. The zero-order valence-corrected chi connectivity index (χ0v) is 13.7. The summed E-state index contributed by atoms with van der Waals surface area (Å²) in [6.07, 6.45) is 4.96. The van der Waals surface area contributed by atoms with E-state index in [1.807, 2.05) is 11.8 Å².